The van der Waals surface area contributed by atoms with Crippen molar-refractivity contribution in [1.82, 2.24) is 9.97 Å². The Morgan fingerprint density at radius 1 is 1.11 bits per heavy atom. The Balaban J connectivity index is 1.60. The second-order valence-corrected chi connectivity index (χ2v) is 9.39. The van der Waals surface area contributed by atoms with Crippen molar-refractivity contribution in [3.05, 3.63) is 104 Å². The van der Waals surface area contributed by atoms with Crippen molar-refractivity contribution in [2.75, 3.05) is 5.32 Å². The molecule has 182 valence electrons. The van der Waals surface area contributed by atoms with E-state index in [1.54, 1.807) is 42.9 Å². The highest BCUT2D eigenvalue weighted by Gasteiger charge is 2.34. The number of nitrogens with zero attached hydrogens (tertiary/aromatic N) is 4. The van der Waals surface area contributed by atoms with Gasteiger partial charge in [0.05, 0.1) is 22.0 Å². The Kier molecular flexibility index (Phi) is 6.46. The van der Waals surface area contributed by atoms with E-state index in [1.165, 1.54) is 12.1 Å². The van der Waals surface area contributed by atoms with Crippen molar-refractivity contribution in [2.45, 2.75) is 19.1 Å². The number of aromatic nitrogens is 2. The SMILES string of the molecule is Oc1nc(NCc2cccnc2)sc1C(Cc1ccc(Cl)cc1C(F)(F)F)=c1ccc2c(c1)C=NN=2. The first kappa shape index (κ1) is 24.0. The Morgan fingerprint density at radius 3 is 2.75 bits per heavy atom. The molecule has 2 aromatic carbocycles. The number of halogens is 4. The first-order valence-corrected chi connectivity index (χ1v) is 11.9. The summed E-state index contributed by atoms with van der Waals surface area (Å²) in [5.74, 6) is -0.273. The maximum atomic E-state index is 13.8. The number of anilines is 1. The molecule has 0 fully saturated rings. The second kappa shape index (κ2) is 9.71. The predicted molar refractivity (Wildman–Crippen MR) is 133 cm³/mol. The molecule has 0 spiro atoms. The number of nitrogens with one attached hydrogen (secondary N) is 1. The summed E-state index contributed by atoms with van der Waals surface area (Å²) in [5.41, 5.74) is 1.32. The molecule has 1 aliphatic heterocycles. The molecule has 0 radical (unpaired) electrons. The fourth-order valence-corrected chi connectivity index (χ4v) is 4.92. The number of benzene rings is 2. The molecule has 0 bridgehead atoms. The summed E-state index contributed by atoms with van der Waals surface area (Å²) >= 11 is 7.04. The number of pyridine rings is 1. The van der Waals surface area contributed by atoms with Crippen LogP contribution >= 0.6 is 22.9 Å². The first-order valence-electron chi connectivity index (χ1n) is 10.7. The quantitative estimate of drug-likeness (QED) is 0.372. The van der Waals surface area contributed by atoms with E-state index in [-0.39, 0.29) is 22.9 Å². The van der Waals surface area contributed by atoms with Gasteiger partial charge in [0.2, 0.25) is 5.88 Å². The average Bonchev–Trinajstić information content (AvgIpc) is 3.47. The number of aromatic hydroxyl groups is 1. The van der Waals surface area contributed by atoms with Crippen molar-refractivity contribution in [2.24, 2.45) is 10.2 Å². The van der Waals surface area contributed by atoms with Gasteiger partial charge in [-0.05, 0) is 52.3 Å². The van der Waals surface area contributed by atoms with Gasteiger partial charge < -0.3 is 10.4 Å². The highest BCUT2D eigenvalue weighted by Crippen LogP contribution is 2.38. The van der Waals surface area contributed by atoms with E-state index < -0.39 is 11.7 Å². The molecule has 6 nitrogen and oxygen atoms in total. The van der Waals surface area contributed by atoms with Gasteiger partial charge in [0.1, 0.15) is 0 Å². The minimum absolute atomic E-state index is 0.00879. The molecule has 0 saturated carbocycles. The van der Waals surface area contributed by atoms with Gasteiger partial charge in [-0.1, -0.05) is 41.1 Å². The van der Waals surface area contributed by atoms with Crippen LogP contribution in [0.1, 0.15) is 27.1 Å². The van der Waals surface area contributed by atoms with Gasteiger partial charge >= 0.3 is 6.18 Å². The molecule has 0 amide bonds. The summed E-state index contributed by atoms with van der Waals surface area (Å²) in [6.07, 6.45) is 0.235. The van der Waals surface area contributed by atoms with E-state index in [9.17, 15) is 18.3 Å². The maximum absolute atomic E-state index is 13.8. The van der Waals surface area contributed by atoms with Crippen LogP contribution in [-0.4, -0.2) is 21.3 Å². The van der Waals surface area contributed by atoms with Crippen molar-refractivity contribution in [1.29, 1.82) is 0 Å². The third-order valence-corrected chi connectivity index (χ3v) is 6.83. The molecule has 0 atom stereocenters. The molecule has 2 aromatic heterocycles. The number of rotatable bonds is 6. The van der Waals surface area contributed by atoms with Crippen LogP contribution in [0, 0.1) is 0 Å². The van der Waals surface area contributed by atoms with E-state index in [2.05, 4.69) is 25.5 Å². The molecule has 2 N–H and O–H groups in total. The van der Waals surface area contributed by atoms with Gasteiger partial charge in [0.15, 0.2) is 5.13 Å². The maximum Gasteiger partial charge on any atom is 0.416 e. The summed E-state index contributed by atoms with van der Waals surface area (Å²) in [6, 6.07) is 12.7. The predicted octanol–water partition coefficient (Wildman–Crippen LogP) is 4.94. The Morgan fingerprint density at radius 2 is 1.97 bits per heavy atom. The fraction of sp³-hybridized carbons (Fsp3) is 0.120. The van der Waals surface area contributed by atoms with Gasteiger partial charge in [0.25, 0.3) is 0 Å². The summed E-state index contributed by atoms with van der Waals surface area (Å²) in [7, 11) is 0. The zero-order valence-corrected chi connectivity index (χ0v) is 20.0. The zero-order chi connectivity index (χ0) is 25.3. The molecular weight excluding hydrogens is 511 g/mol. The minimum Gasteiger partial charge on any atom is -0.492 e. The van der Waals surface area contributed by atoms with Crippen LogP contribution in [0.15, 0.2) is 71.1 Å². The number of alkyl halides is 3. The monoisotopic (exact) mass is 527 g/mol. The van der Waals surface area contributed by atoms with Crippen LogP contribution in [0.4, 0.5) is 18.3 Å². The van der Waals surface area contributed by atoms with Crippen LogP contribution < -0.4 is 15.9 Å². The topological polar surface area (TPSA) is 82.8 Å². The summed E-state index contributed by atoms with van der Waals surface area (Å²) in [6.45, 7) is 0.418. The van der Waals surface area contributed by atoms with Crippen molar-refractivity contribution in [3.8, 4) is 5.88 Å². The molecule has 11 heteroatoms. The number of fused-ring (bicyclic) bond motifs is 1. The highest BCUT2D eigenvalue weighted by atomic mass is 35.5. The lowest BCUT2D eigenvalue weighted by atomic mass is 9.96. The van der Waals surface area contributed by atoms with Crippen LogP contribution in [0.3, 0.4) is 0 Å². The van der Waals surface area contributed by atoms with E-state index in [4.69, 9.17) is 11.6 Å². The molecule has 5 rings (SSSR count). The lowest BCUT2D eigenvalue weighted by Crippen LogP contribution is -2.17. The third kappa shape index (κ3) is 5.09. The second-order valence-electron chi connectivity index (χ2n) is 7.96. The largest absolute Gasteiger partial charge is 0.492 e. The van der Waals surface area contributed by atoms with Crippen LogP contribution in [0.2, 0.25) is 5.02 Å². The Hall–Kier alpha value is -3.76. The normalized spacial score (nSPS) is 13.3. The molecule has 0 saturated heterocycles. The summed E-state index contributed by atoms with van der Waals surface area (Å²) < 4.78 is 41.5. The third-order valence-electron chi connectivity index (χ3n) is 5.53. The van der Waals surface area contributed by atoms with E-state index >= 15 is 0 Å². The van der Waals surface area contributed by atoms with Gasteiger partial charge in [-0.15, -0.1) is 0 Å². The fourth-order valence-electron chi connectivity index (χ4n) is 3.83. The first-order chi connectivity index (χ1) is 17.3. The molecule has 0 unspecified atom stereocenters. The lowest BCUT2D eigenvalue weighted by Gasteiger charge is -2.15. The van der Waals surface area contributed by atoms with E-state index in [0.717, 1.165) is 28.5 Å². The smallest absolute Gasteiger partial charge is 0.416 e. The average molecular weight is 528 g/mol. The van der Waals surface area contributed by atoms with E-state index in [0.29, 0.717) is 32.7 Å². The molecule has 0 aliphatic carbocycles. The molecule has 4 aromatic rings. The van der Waals surface area contributed by atoms with Crippen LogP contribution in [0.5, 0.6) is 5.88 Å². The zero-order valence-electron chi connectivity index (χ0n) is 18.4. The summed E-state index contributed by atoms with van der Waals surface area (Å²) in [4.78, 5) is 8.63. The Labute approximate surface area is 212 Å². The summed E-state index contributed by atoms with van der Waals surface area (Å²) in [5, 5.41) is 23.5. The van der Waals surface area contributed by atoms with Crippen molar-refractivity contribution < 1.29 is 18.3 Å². The van der Waals surface area contributed by atoms with Crippen molar-refractivity contribution >= 4 is 39.9 Å². The lowest BCUT2D eigenvalue weighted by molar-refractivity contribution is -0.138. The van der Waals surface area contributed by atoms with Gasteiger partial charge in [-0.2, -0.15) is 28.4 Å². The van der Waals surface area contributed by atoms with Crippen LogP contribution in [0.25, 0.3) is 5.57 Å². The van der Waals surface area contributed by atoms with Crippen molar-refractivity contribution in [3.63, 3.8) is 0 Å². The number of hydrogen-bond donors (Lipinski definition) is 2. The van der Waals surface area contributed by atoms with Gasteiger partial charge in [0, 0.05) is 35.9 Å². The molecular formula is C25H17ClF3N5OS. The van der Waals surface area contributed by atoms with E-state index in [1.807, 2.05) is 6.07 Å². The minimum atomic E-state index is -4.60. The Bertz CT molecular complexity index is 1590. The van der Waals surface area contributed by atoms with Crippen LogP contribution in [-0.2, 0) is 19.1 Å². The molecule has 1 aliphatic rings. The molecule has 3 heterocycles. The molecule has 36 heavy (non-hydrogen) atoms. The van der Waals surface area contributed by atoms with Gasteiger partial charge in [-0.3, -0.25) is 4.98 Å². The standard InChI is InChI=1S/C25H17ClF3N5OS/c26-18-5-3-16(20(10-18)25(27,28)29)9-19(15-4-6-21-17(8-15)13-32-34-21)22-23(35)33-24(36-22)31-12-14-2-1-7-30-11-14/h1-8,10-11,13,35H,9,12H2,(H,31,33). The highest BCUT2D eigenvalue weighted by molar-refractivity contribution is 7.16. The number of thiazole rings is 1. The number of hydrogen-bond acceptors (Lipinski definition) is 7. The van der Waals surface area contributed by atoms with Gasteiger partial charge in [-0.25, -0.2) is 0 Å².